The molecule has 3 rings (SSSR count). The zero-order valence-electron chi connectivity index (χ0n) is 11.4. The van der Waals surface area contributed by atoms with Crippen LogP contribution in [-0.4, -0.2) is 11.7 Å². The summed E-state index contributed by atoms with van der Waals surface area (Å²) in [4.78, 5) is 0. The van der Waals surface area contributed by atoms with Crippen LogP contribution in [0.3, 0.4) is 0 Å². The summed E-state index contributed by atoms with van der Waals surface area (Å²) in [6.07, 6.45) is 0. The molecule has 0 aliphatic heterocycles. The van der Waals surface area contributed by atoms with Crippen LogP contribution in [-0.2, 0) is 0 Å². The maximum Gasteiger partial charge on any atom is 0.117 e. The predicted molar refractivity (Wildman–Crippen MR) is 85.2 cm³/mol. The molecular weight excluding hydrogens is 246 g/mol. The van der Waals surface area contributed by atoms with Crippen molar-refractivity contribution in [3.05, 3.63) is 60.7 Å². The molecule has 0 radical (unpaired) electrons. The number of nitrogens with one attached hydrogen (secondary N) is 1. The van der Waals surface area contributed by atoms with Crippen molar-refractivity contribution in [1.82, 2.24) is 0 Å². The molecular formula is C18H17NO. The van der Waals surface area contributed by atoms with Crippen molar-refractivity contribution < 1.29 is 5.11 Å². The lowest BCUT2D eigenvalue weighted by molar-refractivity contribution is 0.475. The summed E-state index contributed by atoms with van der Waals surface area (Å²) in [6, 6.07) is 20.1. The van der Waals surface area contributed by atoms with Crippen molar-refractivity contribution in [2.75, 3.05) is 11.9 Å². The largest absolute Gasteiger partial charge is 0.508 e. The van der Waals surface area contributed by atoms with Gasteiger partial charge in [-0.3, -0.25) is 0 Å². The first-order chi connectivity index (χ1) is 9.79. The highest BCUT2D eigenvalue weighted by Gasteiger charge is 2.08. The van der Waals surface area contributed by atoms with E-state index in [1.54, 1.807) is 12.1 Å². The number of anilines is 1. The quantitative estimate of drug-likeness (QED) is 0.721. The molecule has 2 heteroatoms. The Morgan fingerprint density at radius 1 is 0.900 bits per heavy atom. The molecule has 3 aromatic carbocycles. The Kier molecular flexibility index (Phi) is 3.30. The summed E-state index contributed by atoms with van der Waals surface area (Å²) in [5.74, 6) is 0.282. The van der Waals surface area contributed by atoms with Crippen LogP contribution in [0.4, 0.5) is 5.69 Å². The van der Waals surface area contributed by atoms with E-state index >= 15 is 0 Å². The van der Waals surface area contributed by atoms with Crippen molar-refractivity contribution in [2.24, 2.45) is 0 Å². The zero-order chi connectivity index (χ0) is 13.9. The van der Waals surface area contributed by atoms with Crippen molar-refractivity contribution in [3.8, 4) is 16.9 Å². The van der Waals surface area contributed by atoms with Crippen molar-refractivity contribution >= 4 is 16.5 Å². The van der Waals surface area contributed by atoms with Crippen LogP contribution in [0.15, 0.2) is 60.7 Å². The Labute approximate surface area is 118 Å². The van der Waals surface area contributed by atoms with E-state index in [4.69, 9.17) is 0 Å². The van der Waals surface area contributed by atoms with Gasteiger partial charge < -0.3 is 10.4 Å². The number of fused-ring (bicyclic) bond motifs is 1. The number of phenolic OH excluding ortho intramolecular Hbond substituents is 1. The highest BCUT2D eigenvalue weighted by molar-refractivity contribution is 5.99. The van der Waals surface area contributed by atoms with Gasteiger partial charge in [-0.2, -0.15) is 0 Å². The molecule has 0 aliphatic rings. The van der Waals surface area contributed by atoms with Crippen molar-refractivity contribution in [1.29, 1.82) is 0 Å². The summed E-state index contributed by atoms with van der Waals surface area (Å²) in [5, 5.41) is 15.4. The van der Waals surface area contributed by atoms with E-state index in [0.717, 1.165) is 17.8 Å². The fourth-order valence-corrected chi connectivity index (χ4v) is 2.56. The summed E-state index contributed by atoms with van der Waals surface area (Å²) in [5.41, 5.74) is 3.25. The Morgan fingerprint density at radius 3 is 2.55 bits per heavy atom. The average Bonchev–Trinajstić information content (AvgIpc) is 2.47. The van der Waals surface area contributed by atoms with Crippen LogP contribution in [0.5, 0.6) is 5.75 Å². The number of benzene rings is 3. The minimum atomic E-state index is 0.282. The Morgan fingerprint density at radius 2 is 1.70 bits per heavy atom. The maximum atomic E-state index is 9.68. The molecule has 100 valence electrons. The minimum absolute atomic E-state index is 0.282. The lowest BCUT2D eigenvalue weighted by Gasteiger charge is -2.13. The van der Waals surface area contributed by atoms with Gasteiger partial charge in [0.25, 0.3) is 0 Å². The standard InChI is InChI=1S/C18H17NO/c1-2-19-18-12-14(20)10-11-17(18)16-9-5-7-13-6-3-4-8-15(13)16/h3-12,19-20H,2H2,1H3. The molecule has 2 nitrogen and oxygen atoms in total. The number of hydrogen-bond acceptors (Lipinski definition) is 2. The minimum Gasteiger partial charge on any atom is -0.508 e. The van der Waals surface area contributed by atoms with Crippen LogP contribution >= 0.6 is 0 Å². The van der Waals surface area contributed by atoms with E-state index in [9.17, 15) is 5.11 Å². The number of aromatic hydroxyl groups is 1. The molecule has 0 bridgehead atoms. The normalized spacial score (nSPS) is 10.7. The Balaban J connectivity index is 2.25. The van der Waals surface area contributed by atoms with Gasteiger partial charge in [-0.15, -0.1) is 0 Å². The van der Waals surface area contributed by atoms with Gasteiger partial charge in [-0.1, -0.05) is 42.5 Å². The van der Waals surface area contributed by atoms with Crippen LogP contribution < -0.4 is 5.32 Å². The van der Waals surface area contributed by atoms with E-state index in [1.165, 1.54) is 16.3 Å². The van der Waals surface area contributed by atoms with Crippen LogP contribution in [0.2, 0.25) is 0 Å². The molecule has 0 saturated carbocycles. The lowest BCUT2D eigenvalue weighted by Crippen LogP contribution is -1.98. The SMILES string of the molecule is CCNc1cc(O)ccc1-c1cccc2ccccc12. The molecule has 0 unspecified atom stereocenters. The monoisotopic (exact) mass is 263 g/mol. The molecule has 0 spiro atoms. The Hall–Kier alpha value is -2.48. The summed E-state index contributed by atoms with van der Waals surface area (Å²) in [7, 11) is 0. The van der Waals surface area contributed by atoms with Gasteiger partial charge in [0.1, 0.15) is 5.75 Å². The van der Waals surface area contributed by atoms with Gasteiger partial charge in [0.15, 0.2) is 0 Å². The third kappa shape index (κ3) is 2.21. The van der Waals surface area contributed by atoms with E-state index in [0.29, 0.717) is 0 Å². The molecule has 0 heterocycles. The molecule has 20 heavy (non-hydrogen) atoms. The topological polar surface area (TPSA) is 32.3 Å². The highest BCUT2D eigenvalue weighted by atomic mass is 16.3. The lowest BCUT2D eigenvalue weighted by atomic mass is 9.97. The van der Waals surface area contributed by atoms with Crippen LogP contribution in [0.1, 0.15) is 6.92 Å². The molecule has 0 atom stereocenters. The first-order valence-corrected chi connectivity index (χ1v) is 6.84. The smallest absolute Gasteiger partial charge is 0.117 e. The van der Waals surface area contributed by atoms with Crippen molar-refractivity contribution in [3.63, 3.8) is 0 Å². The first-order valence-electron chi connectivity index (χ1n) is 6.84. The van der Waals surface area contributed by atoms with Crippen LogP contribution in [0, 0.1) is 0 Å². The molecule has 2 N–H and O–H groups in total. The molecule has 3 aromatic rings. The molecule has 0 amide bonds. The highest BCUT2D eigenvalue weighted by Crippen LogP contribution is 2.35. The maximum absolute atomic E-state index is 9.68. The molecule has 0 fully saturated rings. The average molecular weight is 263 g/mol. The first kappa shape index (κ1) is 12.5. The number of hydrogen-bond donors (Lipinski definition) is 2. The molecule has 0 aliphatic carbocycles. The Bertz CT molecular complexity index is 744. The van der Waals surface area contributed by atoms with Gasteiger partial charge in [0.05, 0.1) is 0 Å². The third-order valence-corrected chi connectivity index (χ3v) is 3.45. The van der Waals surface area contributed by atoms with E-state index in [-0.39, 0.29) is 5.75 Å². The van der Waals surface area contributed by atoms with Gasteiger partial charge in [0, 0.05) is 23.9 Å². The number of phenols is 1. The van der Waals surface area contributed by atoms with Gasteiger partial charge in [-0.05, 0) is 35.4 Å². The van der Waals surface area contributed by atoms with E-state index < -0.39 is 0 Å². The summed E-state index contributed by atoms with van der Waals surface area (Å²) < 4.78 is 0. The fourth-order valence-electron chi connectivity index (χ4n) is 2.56. The third-order valence-electron chi connectivity index (χ3n) is 3.45. The second-order valence-electron chi connectivity index (χ2n) is 4.79. The second-order valence-corrected chi connectivity index (χ2v) is 4.79. The van der Waals surface area contributed by atoms with Crippen LogP contribution in [0.25, 0.3) is 21.9 Å². The van der Waals surface area contributed by atoms with Gasteiger partial charge in [0.2, 0.25) is 0 Å². The fraction of sp³-hybridized carbons (Fsp3) is 0.111. The zero-order valence-corrected chi connectivity index (χ0v) is 11.4. The van der Waals surface area contributed by atoms with E-state index in [1.807, 2.05) is 12.1 Å². The molecule has 0 aromatic heterocycles. The molecule has 0 saturated heterocycles. The van der Waals surface area contributed by atoms with Gasteiger partial charge in [-0.25, -0.2) is 0 Å². The number of rotatable bonds is 3. The van der Waals surface area contributed by atoms with Gasteiger partial charge >= 0.3 is 0 Å². The second kappa shape index (κ2) is 5.25. The van der Waals surface area contributed by atoms with Crippen molar-refractivity contribution in [2.45, 2.75) is 6.92 Å². The summed E-state index contributed by atoms with van der Waals surface area (Å²) >= 11 is 0. The predicted octanol–water partition coefficient (Wildman–Crippen LogP) is 4.64. The summed E-state index contributed by atoms with van der Waals surface area (Å²) in [6.45, 7) is 2.87. The van der Waals surface area contributed by atoms with E-state index in [2.05, 4.69) is 48.6 Å².